The molecular weight excluding hydrogens is 244 g/mol. The zero-order valence-corrected chi connectivity index (χ0v) is 13.8. The van der Waals surface area contributed by atoms with Crippen molar-refractivity contribution in [3.05, 3.63) is 24.3 Å². The zero-order valence-electron chi connectivity index (χ0n) is 13.8. The molecule has 0 saturated heterocycles. The maximum Gasteiger partial charge on any atom is 0.0902 e. The lowest BCUT2D eigenvalue weighted by atomic mass is 10.1. The van der Waals surface area contributed by atoms with Crippen molar-refractivity contribution in [3.63, 3.8) is 0 Å². The van der Waals surface area contributed by atoms with Crippen LogP contribution in [0.15, 0.2) is 24.3 Å². The molecule has 0 fully saturated rings. The molecule has 0 atom stereocenters. The molecule has 0 spiro atoms. The molecule has 1 nitrogen and oxygen atoms in total. The quantitative estimate of drug-likeness (QED) is 0.297. The second-order valence-corrected chi connectivity index (χ2v) is 5.75. The van der Waals surface area contributed by atoms with Gasteiger partial charge in [-0.2, -0.15) is 0 Å². The minimum absolute atomic E-state index is 0.388. The third-order valence-corrected chi connectivity index (χ3v) is 3.62. The van der Waals surface area contributed by atoms with Crippen LogP contribution >= 0.6 is 0 Å². The first-order chi connectivity index (χ1) is 9.81. The highest BCUT2D eigenvalue weighted by molar-refractivity contribution is 5.01. The van der Waals surface area contributed by atoms with Crippen LogP contribution in [0.5, 0.6) is 0 Å². The number of hydrogen-bond donors (Lipinski definition) is 1. The van der Waals surface area contributed by atoms with Crippen LogP contribution in [0.25, 0.3) is 0 Å². The highest BCUT2D eigenvalue weighted by atomic mass is 16.3. The number of hydrogen-bond acceptors (Lipinski definition) is 1. The number of unbranched alkanes of at least 4 members (excludes halogenated alkanes) is 10. The fourth-order valence-electron chi connectivity index (χ4n) is 2.27. The molecule has 0 rings (SSSR count). The van der Waals surface area contributed by atoms with E-state index in [1.165, 1.54) is 64.2 Å². The van der Waals surface area contributed by atoms with Crippen LogP contribution in [0.1, 0.15) is 90.9 Å². The molecule has 0 bridgehead atoms. The van der Waals surface area contributed by atoms with Crippen molar-refractivity contribution in [3.8, 4) is 0 Å². The first-order valence-corrected chi connectivity index (χ1v) is 8.82. The molecule has 0 aromatic carbocycles. The van der Waals surface area contributed by atoms with E-state index in [9.17, 15) is 5.11 Å². The van der Waals surface area contributed by atoms with Crippen LogP contribution in [-0.4, -0.2) is 11.2 Å². The Labute approximate surface area is 127 Å². The molecule has 0 aliphatic heterocycles. The molecule has 0 aromatic heterocycles. The Morgan fingerprint density at radius 3 is 1.45 bits per heavy atom. The number of allylic oxidation sites excluding steroid dienone is 2. The molecular formula is C19H36O. The predicted octanol–water partition coefficient (Wildman–Crippen LogP) is 6.18. The Morgan fingerprint density at radius 2 is 1.05 bits per heavy atom. The van der Waals surface area contributed by atoms with Crippen molar-refractivity contribution in [1.82, 2.24) is 0 Å². The van der Waals surface area contributed by atoms with E-state index in [0.717, 1.165) is 12.8 Å². The van der Waals surface area contributed by atoms with Crippen molar-refractivity contribution in [1.29, 1.82) is 0 Å². The molecule has 0 unspecified atom stereocenters. The third-order valence-electron chi connectivity index (χ3n) is 3.62. The molecule has 118 valence electrons. The average molecular weight is 280 g/mol. The number of aliphatic hydroxyl groups is 1. The summed E-state index contributed by atoms with van der Waals surface area (Å²) < 4.78 is 0. The van der Waals surface area contributed by atoms with Gasteiger partial charge in [-0.1, -0.05) is 89.5 Å². The van der Waals surface area contributed by atoms with Crippen LogP contribution in [0.3, 0.4) is 0 Å². The minimum Gasteiger partial charge on any atom is -0.385 e. The van der Waals surface area contributed by atoms with E-state index in [-0.39, 0.29) is 6.10 Å². The summed E-state index contributed by atoms with van der Waals surface area (Å²) in [6, 6.07) is 0. The molecule has 0 aromatic rings. The summed E-state index contributed by atoms with van der Waals surface area (Å²) in [5.74, 6) is 0. The largest absolute Gasteiger partial charge is 0.385 e. The first-order valence-electron chi connectivity index (χ1n) is 8.82. The Hall–Kier alpha value is -0.560. The van der Waals surface area contributed by atoms with Gasteiger partial charge in [-0.25, -0.2) is 0 Å². The molecule has 0 heterocycles. The van der Waals surface area contributed by atoms with E-state index < -0.39 is 0 Å². The topological polar surface area (TPSA) is 20.2 Å². The van der Waals surface area contributed by atoms with Crippen LogP contribution in [0, 0.1) is 0 Å². The highest BCUT2D eigenvalue weighted by Gasteiger charge is 1.92. The third kappa shape index (κ3) is 15.5. The summed E-state index contributed by atoms with van der Waals surface area (Å²) >= 11 is 0. The summed E-state index contributed by atoms with van der Waals surface area (Å²) in [6.07, 6.45) is 23.1. The summed E-state index contributed by atoms with van der Waals surface area (Å²) in [6.45, 7) is 4.48. The van der Waals surface area contributed by atoms with Crippen molar-refractivity contribution in [2.75, 3.05) is 0 Å². The van der Waals surface area contributed by atoms with Crippen LogP contribution in [0.2, 0.25) is 0 Å². The average Bonchev–Trinajstić information content (AvgIpc) is 2.45. The Morgan fingerprint density at radius 1 is 0.650 bits per heavy atom. The predicted molar refractivity (Wildman–Crippen MR) is 91.0 cm³/mol. The van der Waals surface area contributed by atoms with Crippen molar-refractivity contribution in [2.45, 2.75) is 97.0 Å². The molecule has 1 N–H and O–H groups in total. The van der Waals surface area contributed by atoms with E-state index in [1.807, 2.05) is 12.2 Å². The maximum absolute atomic E-state index is 9.76. The fraction of sp³-hybridized carbons (Fsp3) is 0.789. The summed E-state index contributed by atoms with van der Waals surface area (Å²) in [4.78, 5) is 0. The summed E-state index contributed by atoms with van der Waals surface area (Å²) in [5.41, 5.74) is 0. The minimum atomic E-state index is -0.388. The lowest BCUT2D eigenvalue weighted by Gasteiger charge is -1.99. The van der Waals surface area contributed by atoms with E-state index in [1.54, 1.807) is 0 Å². The molecule has 0 amide bonds. The lowest BCUT2D eigenvalue weighted by molar-refractivity contribution is 0.271. The smallest absolute Gasteiger partial charge is 0.0902 e. The zero-order chi connectivity index (χ0) is 14.9. The van der Waals surface area contributed by atoms with Gasteiger partial charge in [0.25, 0.3) is 0 Å². The molecule has 0 aliphatic rings. The standard InChI is InChI=1S/C19H36O/c1-3-5-7-9-11-13-15-17-19(20)18-16-14-12-10-8-6-4-2/h15-20H,3-14H2,1-2H3. The molecule has 0 aliphatic carbocycles. The van der Waals surface area contributed by atoms with Crippen molar-refractivity contribution in [2.24, 2.45) is 0 Å². The number of rotatable bonds is 14. The van der Waals surface area contributed by atoms with Crippen LogP contribution in [0.4, 0.5) is 0 Å². The first kappa shape index (κ1) is 19.4. The Bertz CT molecular complexity index is 206. The monoisotopic (exact) mass is 280 g/mol. The van der Waals surface area contributed by atoms with Gasteiger partial charge >= 0.3 is 0 Å². The van der Waals surface area contributed by atoms with E-state index in [0.29, 0.717) is 0 Å². The van der Waals surface area contributed by atoms with Gasteiger partial charge in [0.1, 0.15) is 0 Å². The molecule has 1 heteroatoms. The van der Waals surface area contributed by atoms with Gasteiger partial charge < -0.3 is 5.11 Å². The van der Waals surface area contributed by atoms with Gasteiger partial charge in [0.2, 0.25) is 0 Å². The SMILES string of the molecule is CCCCCCCC=CC(O)C=CCCCCCCC. The lowest BCUT2D eigenvalue weighted by Crippen LogP contribution is -1.95. The van der Waals surface area contributed by atoms with Gasteiger partial charge in [0.15, 0.2) is 0 Å². The second-order valence-electron chi connectivity index (χ2n) is 5.75. The molecule has 20 heavy (non-hydrogen) atoms. The summed E-state index contributed by atoms with van der Waals surface area (Å²) in [7, 11) is 0. The van der Waals surface area contributed by atoms with Crippen LogP contribution in [-0.2, 0) is 0 Å². The molecule has 0 radical (unpaired) electrons. The van der Waals surface area contributed by atoms with Gasteiger partial charge in [0, 0.05) is 0 Å². The van der Waals surface area contributed by atoms with Crippen molar-refractivity contribution < 1.29 is 5.11 Å². The van der Waals surface area contributed by atoms with Gasteiger partial charge in [0.05, 0.1) is 6.10 Å². The summed E-state index contributed by atoms with van der Waals surface area (Å²) in [5, 5.41) is 9.76. The fourth-order valence-corrected chi connectivity index (χ4v) is 2.27. The second kappa shape index (κ2) is 16.5. The van der Waals surface area contributed by atoms with Gasteiger partial charge in [-0.3, -0.25) is 0 Å². The number of aliphatic hydroxyl groups excluding tert-OH is 1. The Kier molecular flexibility index (Phi) is 16.0. The highest BCUT2D eigenvalue weighted by Crippen LogP contribution is 2.07. The van der Waals surface area contributed by atoms with E-state index in [4.69, 9.17) is 0 Å². The maximum atomic E-state index is 9.76. The van der Waals surface area contributed by atoms with Crippen molar-refractivity contribution >= 4 is 0 Å². The van der Waals surface area contributed by atoms with Crippen LogP contribution < -0.4 is 0 Å². The van der Waals surface area contributed by atoms with E-state index in [2.05, 4.69) is 26.0 Å². The van der Waals surface area contributed by atoms with Gasteiger partial charge in [-0.15, -0.1) is 0 Å². The Balaban J connectivity index is 3.39. The van der Waals surface area contributed by atoms with Gasteiger partial charge in [-0.05, 0) is 25.7 Å². The van der Waals surface area contributed by atoms with E-state index >= 15 is 0 Å². The molecule has 0 saturated carbocycles. The normalized spacial score (nSPS) is 13.6.